The van der Waals surface area contributed by atoms with E-state index in [4.69, 9.17) is 0 Å². The van der Waals surface area contributed by atoms with Crippen LogP contribution in [0.15, 0.2) is 36.4 Å². The molecule has 0 fully saturated rings. The monoisotopic (exact) mass is 176 g/mol. The highest BCUT2D eigenvalue weighted by Crippen LogP contribution is 2.08. The number of rotatable bonds is 4. The van der Waals surface area contributed by atoms with Gasteiger partial charge in [0.15, 0.2) is 0 Å². The molecule has 0 spiro atoms. The van der Waals surface area contributed by atoms with Crippen molar-refractivity contribution in [3.05, 3.63) is 42.0 Å². The summed E-state index contributed by atoms with van der Waals surface area (Å²) in [6.45, 7) is 0.880. The molecule has 13 heavy (non-hydrogen) atoms. The Kier molecular flexibility index (Phi) is 4.06. The van der Waals surface area contributed by atoms with Gasteiger partial charge in [0.05, 0.1) is 0 Å². The Morgan fingerprint density at radius 3 is 2.46 bits per heavy atom. The quantitative estimate of drug-likeness (QED) is 0.726. The Morgan fingerprint density at radius 2 is 1.92 bits per heavy atom. The Labute approximate surface area is 79.7 Å². The van der Waals surface area contributed by atoms with Crippen molar-refractivity contribution in [1.29, 1.82) is 0 Å². The molecule has 0 aliphatic rings. The average molecular weight is 176 g/mol. The molecule has 0 unspecified atom stereocenters. The van der Waals surface area contributed by atoms with Crippen molar-refractivity contribution in [2.75, 3.05) is 20.6 Å². The van der Waals surface area contributed by atoms with Gasteiger partial charge in [0, 0.05) is 19.3 Å². The van der Waals surface area contributed by atoms with Gasteiger partial charge in [0.1, 0.15) is 0 Å². The molecule has 0 saturated heterocycles. The van der Waals surface area contributed by atoms with Gasteiger partial charge in [0.25, 0.3) is 0 Å². The molecular weight excluding hydrogens is 160 g/mol. The van der Waals surface area contributed by atoms with E-state index < -0.39 is 0 Å². The Bertz CT molecular complexity index is 265. The first-order chi connectivity index (χ1) is 6.38. The van der Waals surface area contributed by atoms with Crippen molar-refractivity contribution in [2.24, 2.45) is 0 Å². The maximum absolute atomic E-state index is 3.17. The molecule has 1 aromatic rings. The topological polar surface area (TPSA) is 24.1 Å². The fourth-order valence-electron chi connectivity index (χ4n) is 1.19. The van der Waals surface area contributed by atoms with E-state index in [2.05, 4.69) is 28.8 Å². The third-order valence-electron chi connectivity index (χ3n) is 1.86. The van der Waals surface area contributed by atoms with E-state index in [-0.39, 0.29) is 0 Å². The van der Waals surface area contributed by atoms with Crippen LogP contribution in [0, 0.1) is 0 Å². The highest BCUT2D eigenvalue weighted by atomic mass is 14.8. The summed E-state index contributed by atoms with van der Waals surface area (Å²) >= 11 is 0. The van der Waals surface area contributed by atoms with Crippen LogP contribution in [0.2, 0.25) is 0 Å². The molecule has 0 atom stereocenters. The zero-order chi connectivity index (χ0) is 9.52. The van der Waals surface area contributed by atoms with Crippen molar-refractivity contribution < 1.29 is 0 Å². The van der Waals surface area contributed by atoms with E-state index >= 15 is 0 Å². The van der Waals surface area contributed by atoms with Gasteiger partial charge in [-0.15, -0.1) is 0 Å². The van der Waals surface area contributed by atoms with Crippen LogP contribution < -0.4 is 10.6 Å². The number of hydrogen-bond donors (Lipinski definition) is 2. The van der Waals surface area contributed by atoms with Gasteiger partial charge in [-0.3, -0.25) is 0 Å². The number of hydrogen-bond acceptors (Lipinski definition) is 2. The van der Waals surface area contributed by atoms with E-state index in [1.165, 1.54) is 5.56 Å². The Morgan fingerprint density at radius 1 is 1.23 bits per heavy atom. The smallest absolute Gasteiger partial charge is 0.0383 e. The predicted molar refractivity (Wildman–Crippen MR) is 57.4 cm³/mol. The lowest BCUT2D eigenvalue weighted by molar-refractivity contribution is 0.914. The second-order valence-electron chi connectivity index (χ2n) is 2.79. The zero-order valence-corrected chi connectivity index (χ0v) is 8.17. The molecule has 0 amide bonds. The van der Waals surface area contributed by atoms with Crippen LogP contribution >= 0.6 is 0 Å². The van der Waals surface area contributed by atoms with Crippen LogP contribution in [0.3, 0.4) is 0 Å². The van der Waals surface area contributed by atoms with Crippen LogP contribution in [0.1, 0.15) is 5.56 Å². The maximum Gasteiger partial charge on any atom is 0.0383 e. The van der Waals surface area contributed by atoms with E-state index in [9.17, 15) is 0 Å². The van der Waals surface area contributed by atoms with Crippen LogP contribution in [0.5, 0.6) is 0 Å². The normalized spacial score (nSPS) is 11.4. The SMILES string of the molecule is CNC/C=C(\NC)c1ccccc1. The highest BCUT2D eigenvalue weighted by molar-refractivity contribution is 5.63. The highest BCUT2D eigenvalue weighted by Gasteiger charge is 1.95. The minimum Gasteiger partial charge on any atom is -0.388 e. The third-order valence-corrected chi connectivity index (χ3v) is 1.86. The van der Waals surface area contributed by atoms with Gasteiger partial charge in [0.2, 0.25) is 0 Å². The van der Waals surface area contributed by atoms with Crippen molar-refractivity contribution in [3.8, 4) is 0 Å². The largest absolute Gasteiger partial charge is 0.388 e. The second-order valence-corrected chi connectivity index (χ2v) is 2.79. The molecule has 0 aliphatic heterocycles. The molecule has 0 bridgehead atoms. The van der Waals surface area contributed by atoms with Gasteiger partial charge in [-0.05, 0) is 18.7 Å². The van der Waals surface area contributed by atoms with E-state index in [0.29, 0.717) is 0 Å². The lowest BCUT2D eigenvalue weighted by Crippen LogP contribution is -2.10. The summed E-state index contributed by atoms with van der Waals surface area (Å²) in [5, 5.41) is 6.26. The van der Waals surface area contributed by atoms with E-state index in [1.807, 2.05) is 32.3 Å². The van der Waals surface area contributed by atoms with Gasteiger partial charge in [-0.1, -0.05) is 30.3 Å². The molecule has 2 nitrogen and oxygen atoms in total. The summed E-state index contributed by atoms with van der Waals surface area (Å²) < 4.78 is 0. The predicted octanol–water partition coefficient (Wildman–Crippen LogP) is 1.47. The van der Waals surface area contributed by atoms with Crippen LogP contribution in [0.4, 0.5) is 0 Å². The minimum atomic E-state index is 0.880. The lowest BCUT2D eigenvalue weighted by atomic mass is 10.1. The molecule has 0 heterocycles. The third kappa shape index (κ3) is 2.92. The molecule has 0 saturated carbocycles. The summed E-state index contributed by atoms with van der Waals surface area (Å²) in [6.07, 6.45) is 2.13. The number of likely N-dealkylation sites (N-methyl/N-ethyl adjacent to an activating group) is 1. The Hall–Kier alpha value is -1.28. The number of nitrogens with one attached hydrogen (secondary N) is 2. The van der Waals surface area contributed by atoms with Crippen molar-refractivity contribution in [2.45, 2.75) is 0 Å². The average Bonchev–Trinajstić information content (AvgIpc) is 2.21. The van der Waals surface area contributed by atoms with Gasteiger partial charge in [-0.25, -0.2) is 0 Å². The first kappa shape index (κ1) is 9.81. The molecule has 1 rings (SSSR count). The first-order valence-electron chi connectivity index (χ1n) is 4.46. The van der Waals surface area contributed by atoms with Crippen LogP contribution in [0.25, 0.3) is 5.70 Å². The van der Waals surface area contributed by atoms with Crippen molar-refractivity contribution in [1.82, 2.24) is 10.6 Å². The molecular formula is C11H16N2. The first-order valence-corrected chi connectivity index (χ1v) is 4.46. The second kappa shape index (κ2) is 5.38. The Balaban J connectivity index is 2.78. The van der Waals surface area contributed by atoms with Crippen molar-refractivity contribution >= 4 is 5.70 Å². The van der Waals surface area contributed by atoms with Crippen LogP contribution in [-0.2, 0) is 0 Å². The summed E-state index contributed by atoms with van der Waals surface area (Å²) in [7, 11) is 3.88. The van der Waals surface area contributed by atoms with E-state index in [0.717, 1.165) is 12.2 Å². The molecule has 70 valence electrons. The fraction of sp³-hybridized carbons (Fsp3) is 0.273. The zero-order valence-electron chi connectivity index (χ0n) is 8.17. The molecule has 0 aliphatic carbocycles. The summed E-state index contributed by atoms with van der Waals surface area (Å²) in [5.74, 6) is 0. The van der Waals surface area contributed by atoms with Gasteiger partial charge in [-0.2, -0.15) is 0 Å². The summed E-state index contributed by atoms with van der Waals surface area (Å²) in [4.78, 5) is 0. The molecule has 2 N–H and O–H groups in total. The van der Waals surface area contributed by atoms with Gasteiger partial charge < -0.3 is 10.6 Å². The maximum atomic E-state index is 3.17. The van der Waals surface area contributed by atoms with Gasteiger partial charge >= 0.3 is 0 Å². The standard InChI is InChI=1S/C11H16N2/c1-12-9-8-11(13-2)10-6-4-3-5-7-10/h3-8,12-13H,9H2,1-2H3/b11-8-. The molecule has 2 heteroatoms. The molecule has 0 radical (unpaired) electrons. The number of benzene rings is 1. The van der Waals surface area contributed by atoms with Crippen LogP contribution in [-0.4, -0.2) is 20.6 Å². The minimum absolute atomic E-state index is 0.880. The summed E-state index contributed by atoms with van der Waals surface area (Å²) in [6, 6.07) is 10.3. The molecule has 1 aromatic carbocycles. The molecule has 0 aromatic heterocycles. The fourth-order valence-corrected chi connectivity index (χ4v) is 1.19. The van der Waals surface area contributed by atoms with E-state index in [1.54, 1.807) is 0 Å². The summed E-state index contributed by atoms with van der Waals surface area (Å²) in [5.41, 5.74) is 2.38. The van der Waals surface area contributed by atoms with Crippen molar-refractivity contribution in [3.63, 3.8) is 0 Å². The lowest BCUT2D eigenvalue weighted by Gasteiger charge is -2.06.